The number of aryl methyl sites for hydroxylation is 2. The largest absolute Gasteiger partial charge is 0.506 e. The van der Waals surface area contributed by atoms with E-state index < -0.39 is 0 Å². The molecule has 1 N–H and O–H groups in total. The minimum absolute atomic E-state index is 0.0777. The van der Waals surface area contributed by atoms with Crippen molar-refractivity contribution in [1.29, 1.82) is 0 Å². The first-order valence-corrected chi connectivity index (χ1v) is 9.87. The average Bonchev–Trinajstić information content (AvgIpc) is 3.03. The molecule has 0 saturated heterocycles. The lowest BCUT2D eigenvalue weighted by Gasteiger charge is -2.01. The van der Waals surface area contributed by atoms with E-state index in [1.54, 1.807) is 16.5 Å². The van der Waals surface area contributed by atoms with Gasteiger partial charge in [0.15, 0.2) is 4.96 Å². The number of aromatic nitrogens is 2. The van der Waals surface area contributed by atoms with Crippen LogP contribution >= 0.6 is 43.2 Å². The molecule has 0 saturated carbocycles. The smallest absolute Gasteiger partial charge is 0.274 e. The van der Waals surface area contributed by atoms with Crippen LogP contribution in [-0.4, -0.2) is 14.5 Å². The van der Waals surface area contributed by atoms with E-state index in [2.05, 4.69) is 36.8 Å². The Morgan fingerprint density at radius 3 is 2.44 bits per heavy atom. The highest BCUT2D eigenvalue weighted by Crippen LogP contribution is 2.33. The van der Waals surface area contributed by atoms with Gasteiger partial charge in [0.1, 0.15) is 5.75 Å². The van der Waals surface area contributed by atoms with Gasteiger partial charge >= 0.3 is 0 Å². The van der Waals surface area contributed by atoms with Gasteiger partial charge in [-0.25, -0.2) is 9.38 Å². The van der Waals surface area contributed by atoms with Crippen molar-refractivity contribution in [1.82, 2.24) is 9.38 Å². The Bertz CT molecular complexity index is 1250. The number of phenols is 1. The van der Waals surface area contributed by atoms with Crippen molar-refractivity contribution >= 4 is 65.3 Å². The zero-order valence-electron chi connectivity index (χ0n) is 13.3. The zero-order valence-corrected chi connectivity index (χ0v) is 17.3. The molecule has 25 heavy (non-hydrogen) atoms. The number of hydrogen-bond acceptors (Lipinski definition) is 4. The first kappa shape index (κ1) is 16.8. The van der Waals surface area contributed by atoms with Crippen LogP contribution in [0.4, 0.5) is 0 Å². The molecular formula is C18H12Br2N2O2S. The molecule has 4 aromatic rings. The molecule has 0 spiro atoms. The Morgan fingerprint density at radius 1 is 1.12 bits per heavy atom. The summed E-state index contributed by atoms with van der Waals surface area (Å²) in [6, 6.07) is 7.57. The van der Waals surface area contributed by atoms with E-state index in [0.717, 1.165) is 27.7 Å². The van der Waals surface area contributed by atoms with Crippen molar-refractivity contribution in [3.8, 4) is 5.75 Å². The number of aromatic hydroxyl groups is 1. The molecule has 4 rings (SSSR count). The molecule has 7 heteroatoms. The van der Waals surface area contributed by atoms with Gasteiger partial charge in [0.05, 0.1) is 24.5 Å². The van der Waals surface area contributed by atoms with Crippen molar-refractivity contribution in [3.05, 3.63) is 64.8 Å². The van der Waals surface area contributed by atoms with E-state index in [1.807, 2.05) is 32.1 Å². The van der Waals surface area contributed by atoms with Gasteiger partial charge in [0.2, 0.25) is 0 Å². The molecule has 0 radical (unpaired) electrons. The number of imidazole rings is 1. The van der Waals surface area contributed by atoms with Gasteiger partial charge in [-0.1, -0.05) is 11.3 Å². The van der Waals surface area contributed by atoms with Crippen molar-refractivity contribution < 1.29 is 5.11 Å². The first-order chi connectivity index (χ1) is 11.8. The standard InChI is InChI=1S/C18H12Br2N2O2S/c1-8-3-13-14(4-9(8)2)22-17(24)15(25-18(22)21-13)7-10-5-11(19)16(23)12(20)6-10/h3-7,23H,1-2H3/b15-7+. The fraction of sp³-hybridized carbons (Fsp3) is 0.111. The van der Waals surface area contributed by atoms with E-state index >= 15 is 0 Å². The van der Waals surface area contributed by atoms with Gasteiger partial charge < -0.3 is 5.11 Å². The summed E-state index contributed by atoms with van der Waals surface area (Å²) in [4.78, 5) is 18.2. The highest BCUT2D eigenvalue weighted by Gasteiger charge is 2.13. The Kier molecular flexibility index (Phi) is 3.97. The van der Waals surface area contributed by atoms with Gasteiger partial charge in [-0.2, -0.15) is 0 Å². The fourth-order valence-electron chi connectivity index (χ4n) is 2.74. The molecule has 0 amide bonds. The van der Waals surface area contributed by atoms with Gasteiger partial charge in [-0.15, -0.1) is 0 Å². The topological polar surface area (TPSA) is 54.6 Å². The van der Waals surface area contributed by atoms with Crippen LogP contribution < -0.4 is 10.1 Å². The molecule has 2 aromatic carbocycles. The summed E-state index contributed by atoms with van der Waals surface area (Å²) < 4.78 is 3.41. The maximum atomic E-state index is 12.9. The summed E-state index contributed by atoms with van der Waals surface area (Å²) in [5.41, 5.74) is 4.72. The highest BCUT2D eigenvalue weighted by atomic mass is 79.9. The van der Waals surface area contributed by atoms with Gasteiger partial charge in [-0.3, -0.25) is 4.79 Å². The van der Waals surface area contributed by atoms with E-state index in [-0.39, 0.29) is 11.3 Å². The van der Waals surface area contributed by atoms with E-state index in [0.29, 0.717) is 18.4 Å². The number of benzene rings is 2. The van der Waals surface area contributed by atoms with E-state index in [1.165, 1.54) is 11.3 Å². The Labute approximate surface area is 163 Å². The van der Waals surface area contributed by atoms with Crippen LogP contribution in [0.5, 0.6) is 5.75 Å². The van der Waals surface area contributed by atoms with E-state index in [9.17, 15) is 9.90 Å². The Hall–Kier alpha value is -1.70. The first-order valence-electron chi connectivity index (χ1n) is 7.47. The highest BCUT2D eigenvalue weighted by molar-refractivity contribution is 9.11. The van der Waals surface area contributed by atoms with E-state index in [4.69, 9.17) is 0 Å². The molecule has 0 unspecified atom stereocenters. The predicted molar refractivity (Wildman–Crippen MR) is 109 cm³/mol. The summed E-state index contributed by atoms with van der Waals surface area (Å²) in [5, 5.41) is 9.82. The zero-order chi connectivity index (χ0) is 17.9. The summed E-state index contributed by atoms with van der Waals surface area (Å²) in [6.45, 7) is 4.07. The molecule has 126 valence electrons. The van der Waals surface area contributed by atoms with Crippen LogP contribution in [0.25, 0.3) is 22.1 Å². The lowest BCUT2D eigenvalue weighted by molar-refractivity contribution is 0.468. The van der Waals surface area contributed by atoms with Crippen LogP contribution in [0, 0.1) is 13.8 Å². The molecule has 0 aliphatic carbocycles. The summed E-state index contributed by atoms with van der Waals surface area (Å²) in [5.74, 6) is 0.136. The Morgan fingerprint density at radius 2 is 1.76 bits per heavy atom. The second kappa shape index (κ2) is 5.93. The predicted octanol–water partition coefficient (Wildman–Crippen LogP) is 4.30. The third kappa shape index (κ3) is 2.70. The monoisotopic (exact) mass is 478 g/mol. The number of rotatable bonds is 1. The lowest BCUT2D eigenvalue weighted by Crippen LogP contribution is -2.22. The lowest BCUT2D eigenvalue weighted by atomic mass is 10.1. The SMILES string of the molecule is Cc1cc2nc3s/c(=C/c4cc(Br)c(O)c(Br)c4)c(=O)n3c2cc1C. The number of nitrogens with zero attached hydrogens (tertiary/aromatic N) is 2. The van der Waals surface area contributed by atoms with Crippen LogP contribution in [0.3, 0.4) is 0 Å². The average molecular weight is 480 g/mol. The minimum atomic E-state index is -0.0777. The molecule has 0 aliphatic rings. The van der Waals surface area contributed by atoms with Crippen LogP contribution in [0.1, 0.15) is 16.7 Å². The quantitative estimate of drug-likeness (QED) is 0.442. The molecule has 4 nitrogen and oxygen atoms in total. The Balaban J connectivity index is 1.99. The van der Waals surface area contributed by atoms with Gasteiger partial charge in [0.25, 0.3) is 5.56 Å². The molecule has 0 atom stereocenters. The van der Waals surface area contributed by atoms with Crippen LogP contribution in [-0.2, 0) is 0 Å². The summed E-state index contributed by atoms with van der Waals surface area (Å²) in [6.07, 6.45) is 1.81. The number of halogens is 2. The number of thiazole rings is 1. The summed E-state index contributed by atoms with van der Waals surface area (Å²) in [7, 11) is 0. The molecular weight excluding hydrogens is 468 g/mol. The molecule has 0 bridgehead atoms. The van der Waals surface area contributed by atoms with Crippen molar-refractivity contribution in [2.45, 2.75) is 13.8 Å². The van der Waals surface area contributed by atoms with Crippen LogP contribution in [0.15, 0.2) is 38.0 Å². The summed E-state index contributed by atoms with van der Waals surface area (Å²) >= 11 is 7.98. The number of phenolic OH excluding ortho intramolecular Hbond substituents is 1. The molecule has 2 heterocycles. The third-order valence-corrected chi connectivity index (χ3v) is 6.37. The third-order valence-electron chi connectivity index (χ3n) is 4.19. The number of fused-ring (bicyclic) bond motifs is 3. The van der Waals surface area contributed by atoms with Gasteiger partial charge in [-0.05, 0) is 92.7 Å². The van der Waals surface area contributed by atoms with Gasteiger partial charge in [0, 0.05) is 0 Å². The fourth-order valence-corrected chi connectivity index (χ4v) is 4.95. The second-order valence-electron chi connectivity index (χ2n) is 5.90. The van der Waals surface area contributed by atoms with Crippen molar-refractivity contribution in [2.75, 3.05) is 0 Å². The second-order valence-corrected chi connectivity index (χ2v) is 8.62. The van der Waals surface area contributed by atoms with Crippen molar-refractivity contribution in [2.24, 2.45) is 0 Å². The maximum Gasteiger partial charge on any atom is 0.274 e. The van der Waals surface area contributed by atoms with Crippen LogP contribution in [0.2, 0.25) is 0 Å². The van der Waals surface area contributed by atoms with Crippen molar-refractivity contribution in [3.63, 3.8) is 0 Å². The number of hydrogen-bond donors (Lipinski definition) is 1. The minimum Gasteiger partial charge on any atom is -0.506 e. The molecule has 0 aliphatic heterocycles. The molecule has 2 aromatic heterocycles. The normalized spacial score (nSPS) is 12.6. The maximum absolute atomic E-state index is 12.9. The molecule has 0 fully saturated rings.